The van der Waals surface area contributed by atoms with Gasteiger partial charge in [-0.3, -0.25) is 14.8 Å². The van der Waals surface area contributed by atoms with E-state index < -0.39 is 29.1 Å². The minimum absolute atomic E-state index is 0.0505. The van der Waals surface area contributed by atoms with Gasteiger partial charge >= 0.3 is 18.1 Å². The molecule has 0 atom stereocenters. The molecule has 0 bridgehead atoms. The molecule has 41 heavy (non-hydrogen) atoms. The second-order valence-corrected chi connectivity index (χ2v) is 11.2. The van der Waals surface area contributed by atoms with Crippen molar-refractivity contribution >= 4 is 29.2 Å². The number of hydrogen-bond acceptors (Lipinski definition) is 6. The Balaban J connectivity index is 1.46. The number of hydrogen-bond donors (Lipinski definition) is 2. The molecule has 1 aliphatic rings. The van der Waals surface area contributed by atoms with Crippen LogP contribution in [0, 0.1) is 5.92 Å². The van der Waals surface area contributed by atoms with Crippen LogP contribution in [-0.2, 0) is 11.6 Å². The van der Waals surface area contributed by atoms with Gasteiger partial charge in [-0.05, 0) is 67.2 Å². The lowest BCUT2D eigenvalue weighted by molar-refractivity contribution is -0.787. The molecule has 0 unspecified atom stereocenters. The Kier molecular flexibility index (Phi) is 9.01. The molecule has 1 aromatic heterocycles. The number of urea groups is 1. The number of nitrogens with zero attached hydrogens (tertiary/aromatic N) is 4. The van der Waals surface area contributed by atoms with Crippen LogP contribution in [0.15, 0.2) is 64.2 Å². The summed E-state index contributed by atoms with van der Waals surface area (Å²) in [6.07, 6.45) is 0.807. The summed E-state index contributed by atoms with van der Waals surface area (Å²) in [6.45, 7) is 4.33. The number of carbonyl (C=O) groups is 1. The highest BCUT2D eigenvalue weighted by atomic mass is 19.4. The number of amides is 2. The quantitative estimate of drug-likeness (QED) is 0.217. The normalized spacial score (nSPS) is 18.4. The Morgan fingerprint density at radius 1 is 1.07 bits per heavy atom. The molecular weight excluding hydrogens is 537 g/mol. The summed E-state index contributed by atoms with van der Waals surface area (Å²) in [5.74, 6) is 0.0518. The van der Waals surface area contributed by atoms with Crippen molar-refractivity contribution in [2.75, 3.05) is 31.3 Å². The Hall–Kier alpha value is -3.93. The molecule has 0 spiro atoms. The summed E-state index contributed by atoms with van der Waals surface area (Å²) in [5, 5.41) is 21.9. The summed E-state index contributed by atoms with van der Waals surface area (Å²) in [6, 6.07) is 10.9. The van der Waals surface area contributed by atoms with Gasteiger partial charge in [-0.15, -0.1) is 0 Å². The lowest BCUT2D eigenvalue weighted by atomic mass is 9.84. The molecular formula is C29H35F3N6O3. The molecule has 9 nitrogen and oxygen atoms in total. The third-order valence-electron chi connectivity index (χ3n) is 7.30. The monoisotopic (exact) mass is 572 g/mol. The number of aromatic nitrogens is 2. The standard InChI is InChI=1S/C29H35F3N6O3/c1-28(2,20-8-6-5-7-9-20)26(39)33-22-14-21(29(30,31)32)15-23(16-22)34-27(40)35-25-18-38(36-41-25)24-12-10-19(11-13-24)17-37(3)4/h5-9,14-16,18-19,24H,10-13,17H2,1-4H3,(H2-,33,34,35,36,39,40). The van der Waals surface area contributed by atoms with Gasteiger partial charge in [0, 0.05) is 30.5 Å². The minimum atomic E-state index is -4.72. The zero-order valence-electron chi connectivity index (χ0n) is 23.5. The number of benzene rings is 2. The Bertz CT molecular complexity index is 1360. The number of aliphatic imine (C=N–C) groups is 1. The van der Waals surface area contributed by atoms with Crippen LogP contribution >= 0.6 is 0 Å². The smallest absolute Gasteiger partial charge is 0.416 e. The molecule has 3 aromatic rings. The lowest BCUT2D eigenvalue weighted by Crippen LogP contribution is -2.43. The molecule has 0 saturated heterocycles. The first-order valence-corrected chi connectivity index (χ1v) is 13.5. The number of anilines is 2. The van der Waals surface area contributed by atoms with Crippen LogP contribution in [0.3, 0.4) is 0 Å². The van der Waals surface area contributed by atoms with Crippen molar-refractivity contribution in [3.8, 4) is 0 Å². The van der Waals surface area contributed by atoms with Crippen LogP contribution in [0.4, 0.5) is 35.2 Å². The molecule has 1 heterocycles. The van der Waals surface area contributed by atoms with Gasteiger partial charge in [-0.25, -0.2) is 4.79 Å². The molecule has 1 saturated carbocycles. The van der Waals surface area contributed by atoms with Crippen molar-refractivity contribution in [2.45, 2.75) is 57.2 Å². The number of rotatable bonds is 8. The highest BCUT2D eigenvalue weighted by Crippen LogP contribution is 2.35. The summed E-state index contributed by atoms with van der Waals surface area (Å²) < 4.78 is 47.9. The van der Waals surface area contributed by atoms with Gasteiger partial charge in [-0.2, -0.15) is 13.2 Å². The summed E-state index contributed by atoms with van der Waals surface area (Å²) >= 11 is 0. The number of halogens is 3. The van der Waals surface area contributed by atoms with E-state index in [4.69, 9.17) is 4.52 Å². The number of alkyl halides is 3. The van der Waals surface area contributed by atoms with E-state index in [1.807, 2.05) is 0 Å². The number of nitrogens with one attached hydrogen (secondary N) is 2. The third kappa shape index (κ3) is 7.84. The molecule has 4 rings (SSSR count). The Morgan fingerprint density at radius 2 is 1.76 bits per heavy atom. The van der Waals surface area contributed by atoms with Crippen molar-refractivity contribution < 1.29 is 32.3 Å². The van der Waals surface area contributed by atoms with Gasteiger partial charge in [0.15, 0.2) is 6.04 Å². The molecule has 2 N–H and O–H groups in total. The average molecular weight is 573 g/mol. The molecule has 1 fully saturated rings. The van der Waals surface area contributed by atoms with Gasteiger partial charge in [0.05, 0.1) is 11.3 Å². The van der Waals surface area contributed by atoms with Gasteiger partial charge < -0.3 is 15.3 Å². The highest BCUT2D eigenvalue weighted by molar-refractivity contribution is 5.99. The molecule has 0 aliphatic heterocycles. The molecule has 1 aliphatic carbocycles. The topological polar surface area (TPSA) is 110 Å². The van der Waals surface area contributed by atoms with Gasteiger partial charge in [0.1, 0.15) is 0 Å². The molecule has 2 amide bonds. The van der Waals surface area contributed by atoms with Crippen LogP contribution in [-0.4, -0.2) is 42.7 Å². The SMILES string of the molecule is CN(C)CC1CCC([n+]2cc(NC(=O)Nc3cc(N=C([O-])C(C)(C)c4ccccc4)cc(C(F)(F)F)c3)on2)CC1. The summed E-state index contributed by atoms with van der Waals surface area (Å²) in [5.41, 5.74) is -1.88. The van der Waals surface area contributed by atoms with Crippen LogP contribution < -0.4 is 20.4 Å². The zero-order valence-corrected chi connectivity index (χ0v) is 23.5. The fraction of sp³-hybridized carbons (Fsp3) is 0.448. The average Bonchev–Trinajstić information content (AvgIpc) is 3.36. The van der Waals surface area contributed by atoms with Crippen molar-refractivity contribution in [3.05, 3.63) is 65.9 Å². The predicted molar refractivity (Wildman–Crippen MR) is 147 cm³/mol. The van der Waals surface area contributed by atoms with E-state index in [9.17, 15) is 23.1 Å². The first-order valence-electron chi connectivity index (χ1n) is 13.5. The van der Waals surface area contributed by atoms with E-state index in [1.165, 1.54) is 6.07 Å². The van der Waals surface area contributed by atoms with E-state index in [0.717, 1.165) is 44.4 Å². The van der Waals surface area contributed by atoms with Crippen molar-refractivity contribution in [1.29, 1.82) is 0 Å². The minimum Gasteiger partial charge on any atom is -0.861 e. The molecule has 0 radical (unpaired) electrons. The van der Waals surface area contributed by atoms with Gasteiger partial charge in [0.25, 0.3) is 6.20 Å². The number of carbonyl (C=O) groups excluding carboxylic acids is 1. The fourth-order valence-electron chi connectivity index (χ4n) is 5.02. The van der Waals surface area contributed by atoms with Crippen molar-refractivity contribution in [3.63, 3.8) is 0 Å². The van der Waals surface area contributed by atoms with E-state index in [1.54, 1.807) is 55.1 Å². The second kappa shape index (κ2) is 12.3. The van der Waals surface area contributed by atoms with E-state index in [0.29, 0.717) is 11.5 Å². The van der Waals surface area contributed by atoms with Crippen LogP contribution in [0.1, 0.15) is 56.7 Å². The van der Waals surface area contributed by atoms with Crippen LogP contribution in [0.2, 0.25) is 0 Å². The predicted octanol–water partition coefficient (Wildman–Crippen LogP) is 5.29. The maximum atomic E-state index is 13.7. The summed E-state index contributed by atoms with van der Waals surface area (Å²) in [4.78, 5) is 18.8. The van der Waals surface area contributed by atoms with E-state index >= 15 is 0 Å². The Labute approximate surface area is 237 Å². The van der Waals surface area contributed by atoms with E-state index in [-0.39, 0.29) is 23.3 Å². The van der Waals surface area contributed by atoms with Crippen molar-refractivity contribution in [1.82, 2.24) is 10.2 Å². The first-order chi connectivity index (χ1) is 19.3. The zero-order chi connectivity index (χ0) is 29.8. The van der Waals surface area contributed by atoms with Gasteiger partial charge in [0.2, 0.25) is 5.27 Å². The fourth-order valence-corrected chi connectivity index (χ4v) is 5.02. The van der Waals surface area contributed by atoms with E-state index in [2.05, 4.69) is 39.9 Å². The second-order valence-electron chi connectivity index (χ2n) is 11.2. The van der Waals surface area contributed by atoms with Crippen LogP contribution in [0.5, 0.6) is 0 Å². The third-order valence-corrected chi connectivity index (χ3v) is 7.30. The maximum absolute atomic E-state index is 13.7. The first kappa shape index (κ1) is 30.0. The summed E-state index contributed by atoms with van der Waals surface area (Å²) in [7, 11) is 4.12. The largest absolute Gasteiger partial charge is 0.861 e. The lowest BCUT2D eigenvalue weighted by Gasteiger charge is -2.31. The Morgan fingerprint density at radius 3 is 2.39 bits per heavy atom. The molecule has 220 valence electrons. The van der Waals surface area contributed by atoms with Gasteiger partial charge in [-0.1, -0.05) is 44.2 Å². The van der Waals surface area contributed by atoms with Crippen LogP contribution in [0.25, 0.3) is 0 Å². The molecule has 2 aromatic carbocycles. The molecule has 12 heteroatoms. The van der Waals surface area contributed by atoms with Crippen molar-refractivity contribution in [2.24, 2.45) is 10.9 Å². The maximum Gasteiger partial charge on any atom is 0.416 e. The highest BCUT2D eigenvalue weighted by Gasteiger charge is 2.33.